The Kier molecular flexibility index (Phi) is 3.86. The second-order valence-corrected chi connectivity index (χ2v) is 4.62. The highest BCUT2D eigenvalue weighted by Crippen LogP contribution is 2.27. The van der Waals surface area contributed by atoms with Crippen molar-refractivity contribution in [2.24, 2.45) is 0 Å². The number of nitrogens with zero attached hydrogens (tertiary/aromatic N) is 3. The fourth-order valence-electron chi connectivity index (χ4n) is 1.26. The van der Waals surface area contributed by atoms with Crippen molar-refractivity contribution in [2.75, 3.05) is 12.3 Å². The molecule has 0 bridgehead atoms. The molecule has 7 heteroatoms. The van der Waals surface area contributed by atoms with Crippen LogP contribution in [0.15, 0.2) is 28.9 Å². The minimum atomic E-state index is 0.401. The van der Waals surface area contributed by atoms with Gasteiger partial charge in [0.25, 0.3) is 0 Å². The van der Waals surface area contributed by atoms with E-state index < -0.39 is 0 Å². The van der Waals surface area contributed by atoms with Gasteiger partial charge in [0, 0.05) is 5.02 Å². The first kappa shape index (κ1) is 12.2. The molecule has 0 aliphatic heterocycles. The van der Waals surface area contributed by atoms with Crippen molar-refractivity contribution in [3.05, 3.63) is 33.9 Å². The summed E-state index contributed by atoms with van der Waals surface area (Å²) < 4.78 is 8.02. The number of nitrogen functional groups attached to an aromatic ring is 1. The van der Waals surface area contributed by atoms with Gasteiger partial charge in [-0.15, -0.1) is 5.10 Å². The maximum Gasteiger partial charge on any atom is 0.165 e. The number of anilines is 1. The summed E-state index contributed by atoms with van der Waals surface area (Å²) in [6, 6.07) is 5.36. The van der Waals surface area contributed by atoms with Gasteiger partial charge in [0.05, 0.1) is 17.2 Å². The zero-order valence-corrected chi connectivity index (χ0v) is 11.1. The molecule has 0 radical (unpaired) electrons. The highest BCUT2D eigenvalue weighted by molar-refractivity contribution is 9.10. The third kappa shape index (κ3) is 3.34. The summed E-state index contributed by atoms with van der Waals surface area (Å²) in [6.07, 6.45) is 1.65. The molecule has 0 fully saturated rings. The van der Waals surface area contributed by atoms with Crippen LogP contribution < -0.4 is 10.5 Å². The van der Waals surface area contributed by atoms with Crippen molar-refractivity contribution >= 4 is 33.3 Å². The first-order valence-corrected chi connectivity index (χ1v) is 6.06. The van der Waals surface area contributed by atoms with Gasteiger partial charge in [0.1, 0.15) is 12.4 Å². The van der Waals surface area contributed by atoms with Crippen LogP contribution in [0.2, 0.25) is 5.02 Å². The Hall–Kier alpha value is -1.27. The fourth-order valence-corrected chi connectivity index (χ4v) is 2.06. The van der Waals surface area contributed by atoms with Crippen LogP contribution in [0.5, 0.6) is 5.75 Å². The van der Waals surface area contributed by atoms with E-state index in [0.717, 1.165) is 10.2 Å². The number of halogens is 2. The lowest BCUT2D eigenvalue weighted by Crippen LogP contribution is -2.09. The third-order valence-electron chi connectivity index (χ3n) is 2.03. The van der Waals surface area contributed by atoms with Crippen LogP contribution in [0.25, 0.3) is 0 Å². The van der Waals surface area contributed by atoms with Crippen molar-refractivity contribution in [1.29, 1.82) is 0 Å². The lowest BCUT2D eigenvalue weighted by molar-refractivity contribution is 0.288. The molecule has 1 aromatic carbocycles. The molecule has 0 saturated carbocycles. The minimum Gasteiger partial charge on any atom is -0.490 e. The monoisotopic (exact) mass is 316 g/mol. The van der Waals surface area contributed by atoms with E-state index in [1.165, 1.54) is 0 Å². The molecule has 1 heterocycles. The molecule has 1 aromatic heterocycles. The Morgan fingerprint density at radius 1 is 1.47 bits per heavy atom. The standard InChI is InChI=1S/C10H10BrClN4O/c11-8-5-7(12)1-2-9(8)17-4-3-16-6-10(13)14-15-16/h1-2,5-6H,3-4,13H2. The maximum atomic E-state index is 5.83. The van der Waals surface area contributed by atoms with E-state index in [2.05, 4.69) is 26.2 Å². The van der Waals surface area contributed by atoms with Gasteiger partial charge in [0.2, 0.25) is 0 Å². The molecule has 2 rings (SSSR count). The van der Waals surface area contributed by atoms with E-state index >= 15 is 0 Å². The Morgan fingerprint density at radius 2 is 2.29 bits per heavy atom. The van der Waals surface area contributed by atoms with Gasteiger partial charge in [-0.1, -0.05) is 16.8 Å². The third-order valence-corrected chi connectivity index (χ3v) is 2.88. The highest BCUT2D eigenvalue weighted by atomic mass is 79.9. The van der Waals surface area contributed by atoms with Crippen LogP contribution in [-0.4, -0.2) is 21.6 Å². The van der Waals surface area contributed by atoms with Crippen molar-refractivity contribution in [1.82, 2.24) is 15.0 Å². The fraction of sp³-hybridized carbons (Fsp3) is 0.200. The lowest BCUT2D eigenvalue weighted by atomic mass is 10.3. The van der Waals surface area contributed by atoms with Crippen molar-refractivity contribution in [3.8, 4) is 5.75 Å². The van der Waals surface area contributed by atoms with E-state index in [1.807, 2.05) is 6.07 Å². The molecular weight excluding hydrogens is 307 g/mol. The number of benzene rings is 1. The summed E-state index contributed by atoms with van der Waals surface area (Å²) in [5, 5.41) is 8.15. The van der Waals surface area contributed by atoms with E-state index in [4.69, 9.17) is 22.1 Å². The average molecular weight is 318 g/mol. The first-order valence-electron chi connectivity index (χ1n) is 4.88. The molecule has 0 amide bonds. The van der Waals surface area contributed by atoms with Gasteiger partial charge in [-0.05, 0) is 34.1 Å². The number of ether oxygens (including phenoxy) is 1. The molecule has 0 aliphatic carbocycles. The topological polar surface area (TPSA) is 66.0 Å². The van der Waals surface area contributed by atoms with Crippen LogP contribution in [0.3, 0.4) is 0 Å². The Bertz CT molecular complexity index is 517. The second kappa shape index (κ2) is 5.37. The number of hydrogen-bond acceptors (Lipinski definition) is 4. The van der Waals surface area contributed by atoms with Gasteiger partial charge in [-0.25, -0.2) is 4.68 Å². The summed E-state index contributed by atoms with van der Waals surface area (Å²) in [6.45, 7) is 1.06. The molecule has 17 heavy (non-hydrogen) atoms. The summed E-state index contributed by atoms with van der Waals surface area (Å²) in [5.41, 5.74) is 5.44. The minimum absolute atomic E-state index is 0.401. The molecule has 90 valence electrons. The maximum absolute atomic E-state index is 5.83. The zero-order valence-electron chi connectivity index (χ0n) is 8.81. The van der Waals surface area contributed by atoms with E-state index in [1.54, 1.807) is 23.0 Å². The molecule has 2 N–H and O–H groups in total. The Balaban J connectivity index is 1.90. The zero-order chi connectivity index (χ0) is 12.3. The molecular formula is C10H10BrClN4O. The van der Waals surface area contributed by atoms with Crippen LogP contribution in [0.4, 0.5) is 5.82 Å². The highest BCUT2D eigenvalue weighted by Gasteiger charge is 2.02. The van der Waals surface area contributed by atoms with Crippen molar-refractivity contribution < 1.29 is 4.74 Å². The van der Waals surface area contributed by atoms with Crippen LogP contribution in [0.1, 0.15) is 0 Å². The first-order chi connectivity index (χ1) is 8.15. The predicted octanol–water partition coefficient (Wildman–Crippen LogP) is 2.36. The lowest BCUT2D eigenvalue weighted by Gasteiger charge is -2.07. The summed E-state index contributed by atoms with van der Waals surface area (Å²) >= 11 is 9.20. The number of aromatic nitrogens is 3. The van der Waals surface area contributed by atoms with Gasteiger partial charge in [-0.3, -0.25) is 0 Å². The van der Waals surface area contributed by atoms with Crippen LogP contribution >= 0.6 is 27.5 Å². The molecule has 2 aromatic rings. The molecule has 0 atom stereocenters. The molecule has 5 nitrogen and oxygen atoms in total. The largest absolute Gasteiger partial charge is 0.490 e. The van der Waals surface area contributed by atoms with Crippen LogP contribution in [-0.2, 0) is 6.54 Å². The molecule has 0 spiro atoms. The molecule has 0 aliphatic rings. The van der Waals surface area contributed by atoms with Crippen molar-refractivity contribution in [3.63, 3.8) is 0 Å². The van der Waals surface area contributed by atoms with Gasteiger partial charge in [-0.2, -0.15) is 0 Å². The predicted molar refractivity (Wildman–Crippen MR) is 69.1 cm³/mol. The Labute approximate surface area is 112 Å². The second-order valence-electron chi connectivity index (χ2n) is 3.33. The normalized spacial score (nSPS) is 10.5. The van der Waals surface area contributed by atoms with Gasteiger partial charge < -0.3 is 10.5 Å². The summed E-state index contributed by atoms with van der Waals surface area (Å²) in [7, 11) is 0. The van der Waals surface area contributed by atoms with Gasteiger partial charge >= 0.3 is 0 Å². The number of nitrogens with two attached hydrogens (primary N) is 1. The van der Waals surface area contributed by atoms with E-state index in [-0.39, 0.29) is 0 Å². The molecule has 0 unspecified atom stereocenters. The average Bonchev–Trinajstić information content (AvgIpc) is 2.68. The quantitative estimate of drug-likeness (QED) is 0.940. The summed E-state index contributed by atoms with van der Waals surface area (Å²) in [4.78, 5) is 0. The Morgan fingerprint density at radius 3 is 2.94 bits per heavy atom. The van der Waals surface area contributed by atoms with E-state index in [9.17, 15) is 0 Å². The summed E-state index contributed by atoms with van der Waals surface area (Å²) in [5.74, 6) is 1.14. The molecule has 0 saturated heterocycles. The van der Waals surface area contributed by atoms with Crippen LogP contribution in [0, 0.1) is 0 Å². The number of rotatable bonds is 4. The van der Waals surface area contributed by atoms with Gasteiger partial charge in [0.15, 0.2) is 5.82 Å². The van der Waals surface area contributed by atoms with E-state index in [0.29, 0.717) is 24.0 Å². The number of hydrogen-bond donors (Lipinski definition) is 1. The smallest absolute Gasteiger partial charge is 0.165 e. The SMILES string of the molecule is Nc1cn(CCOc2ccc(Cl)cc2Br)nn1. The van der Waals surface area contributed by atoms with Crippen molar-refractivity contribution in [2.45, 2.75) is 6.54 Å².